The van der Waals surface area contributed by atoms with Crippen molar-refractivity contribution < 1.29 is 182 Å². The van der Waals surface area contributed by atoms with E-state index in [9.17, 15) is 172 Å². The molecule has 0 aliphatic carbocycles. The number of amides is 2. The van der Waals surface area contributed by atoms with E-state index in [2.05, 4.69) is 9.47 Å². The van der Waals surface area contributed by atoms with E-state index in [4.69, 9.17) is 0 Å². The van der Waals surface area contributed by atoms with Crippen LogP contribution in [0.15, 0.2) is 18.2 Å². The Morgan fingerprint density at radius 1 is 0.384 bits per heavy atom. The number of carbonyl (C=O) groups is 2. The zero-order valence-electron chi connectivity index (χ0n) is 33.3. The number of carbonyl (C=O) groups excluding carboxylic acids is 2. The van der Waals surface area contributed by atoms with E-state index in [0.717, 1.165) is 25.3 Å². The molecule has 0 saturated heterocycles. The Labute approximate surface area is 374 Å². The predicted molar refractivity (Wildman–Crippen MR) is 157 cm³/mol. The zero-order chi connectivity index (χ0) is 59.3. The fourth-order valence-corrected chi connectivity index (χ4v) is 4.75. The molecule has 1 aromatic carbocycles. The highest BCUT2D eigenvalue weighted by molar-refractivity contribution is 5.89. The molecule has 0 fully saturated rings. The quantitative estimate of drug-likeness (QED) is 0.120. The number of ether oxygens (including phenoxy) is 2. The minimum atomic E-state index is -10.5. The molecule has 43 heteroatoms. The summed E-state index contributed by atoms with van der Waals surface area (Å²) in [4.78, 5) is 23.2. The SMILES string of the molecule is COC(=O)Nc1cc(NC(=O)OCCC(F)(F)C(F)(F)C(F)(F)C(F)(F)C(F)(F)C(F)(F)C(F)(F)C(F)(F)C(F)(F)C(F)(F)C(F)(F)C(F)(F)C(F)(F)C(F)(F)C(F)(F)C(F)(F)C(F)(F)C(F)(F)F)ccc1C. The molecule has 0 aliphatic heterocycles. The van der Waals surface area contributed by atoms with Crippen molar-refractivity contribution in [2.75, 3.05) is 24.4 Å². The second-order valence-corrected chi connectivity index (χ2v) is 14.0. The third kappa shape index (κ3) is 8.99. The summed E-state index contributed by atoms with van der Waals surface area (Å²) in [5, 5.41) is 3.47. The van der Waals surface area contributed by atoms with Crippen molar-refractivity contribution in [3.8, 4) is 0 Å². The average molecular weight is 1170 g/mol. The molecule has 0 unspecified atom stereocenters. The van der Waals surface area contributed by atoms with Crippen molar-refractivity contribution >= 4 is 23.6 Å². The van der Waals surface area contributed by atoms with Crippen molar-refractivity contribution in [3.63, 3.8) is 0 Å². The van der Waals surface area contributed by atoms with E-state index in [1.165, 1.54) is 12.2 Å². The standard InChI is InChI=1S/C30H15F37N2O4/c1-8-3-4-9(7-10(8)69-11(70)72-2)68-12(71)73-6-5-13(31,32)14(33,34)15(35,36)16(37,38)17(39,40)18(41,42)19(43,44)20(45,46)21(47,48)22(49,50)23(51,52)24(53,54)25(55,56)26(57,58)27(59,60)28(61,62)29(63,64)30(65,66)67/h3-4,7H,5-6H2,1-2H3,(H,68,71)(H,69,70). The molecule has 0 spiro atoms. The minimum Gasteiger partial charge on any atom is -0.453 e. The highest BCUT2D eigenvalue weighted by Crippen LogP contribution is 2.70. The van der Waals surface area contributed by atoms with Crippen LogP contribution in [0.3, 0.4) is 0 Å². The number of alkyl halides is 37. The fraction of sp³-hybridized carbons (Fsp3) is 0.733. The Morgan fingerprint density at radius 3 is 0.904 bits per heavy atom. The lowest BCUT2D eigenvalue weighted by Gasteiger charge is -2.47. The van der Waals surface area contributed by atoms with Crippen LogP contribution in [0.1, 0.15) is 12.0 Å². The number of nitrogens with one attached hydrogen (secondary N) is 2. The number of aryl methyl sites for hydroxylation is 1. The second kappa shape index (κ2) is 18.2. The molecule has 1 rings (SSSR count). The summed E-state index contributed by atoms with van der Waals surface area (Å²) in [7, 11) is 0.808. The van der Waals surface area contributed by atoms with Gasteiger partial charge in [0.1, 0.15) is 0 Å². The first-order valence-corrected chi connectivity index (χ1v) is 16.8. The molecule has 0 bridgehead atoms. The van der Waals surface area contributed by atoms with E-state index in [1.807, 2.05) is 5.32 Å². The van der Waals surface area contributed by atoms with Gasteiger partial charge in [0.2, 0.25) is 0 Å². The summed E-state index contributed by atoms with van der Waals surface area (Å²) < 4.78 is 520. The first-order valence-electron chi connectivity index (χ1n) is 16.8. The van der Waals surface area contributed by atoms with Crippen LogP contribution in [0.25, 0.3) is 0 Å². The predicted octanol–water partition coefficient (Wildman–Crippen LogP) is 14.5. The molecular weight excluding hydrogens is 1160 g/mol. The van der Waals surface area contributed by atoms with Crippen LogP contribution in [0.2, 0.25) is 0 Å². The molecular formula is C30H15F37N2O4. The van der Waals surface area contributed by atoms with Gasteiger partial charge in [0.05, 0.1) is 20.1 Å². The number of hydrogen-bond donors (Lipinski definition) is 2. The van der Waals surface area contributed by atoms with Crippen LogP contribution in [0.4, 0.5) is 183 Å². The number of halogens is 37. The van der Waals surface area contributed by atoms with E-state index < -0.39 is 138 Å². The Hall–Kier alpha value is -4.83. The maximum atomic E-state index is 14.3. The fourth-order valence-electron chi connectivity index (χ4n) is 4.75. The molecule has 0 heterocycles. The van der Waals surface area contributed by atoms with Crippen LogP contribution in [0.5, 0.6) is 0 Å². The Bertz CT molecular complexity index is 2180. The van der Waals surface area contributed by atoms with Crippen LogP contribution in [-0.2, 0) is 9.47 Å². The molecule has 1 aromatic rings. The summed E-state index contributed by atoms with van der Waals surface area (Å²) in [5.74, 6) is -167. The van der Waals surface area contributed by atoms with Gasteiger partial charge in [-0.2, -0.15) is 162 Å². The van der Waals surface area contributed by atoms with Gasteiger partial charge in [-0.3, -0.25) is 10.6 Å². The first kappa shape index (κ1) is 66.2. The maximum absolute atomic E-state index is 14.3. The van der Waals surface area contributed by atoms with Gasteiger partial charge in [-0.25, -0.2) is 9.59 Å². The van der Waals surface area contributed by atoms with Gasteiger partial charge in [-0.05, 0) is 24.6 Å². The molecule has 0 aromatic heterocycles. The van der Waals surface area contributed by atoms with E-state index >= 15 is 0 Å². The first-order chi connectivity index (χ1) is 31.5. The highest BCUT2D eigenvalue weighted by atomic mass is 19.4. The lowest BCUT2D eigenvalue weighted by Crippen LogP contribution is -2.80. The van der Waals surface area contributed by atoms with E-state index in [-0.39, 0.29) is 11.3 Å². The molecule has 0 aliphatic rings. The third-order valence-electron chi connectivity index (χ3n) is 9.29. The van der Waals surface area contributed by atoms with Crippen LogP contribution in [0, 0.1) is 6.92 Å². The average Bonchev–Trinajstić information content (AvgIpc) is 3.20. The van der Waals surface area contributed by atoms with E-state index in [1.54, 1.807) is 0 Å². The Balaban J connectivity index is 3.81. The lowest BCUT2D eigenvalue weighted by atomic mass is 9.82. The number of anilines is 2. The van der Waals surface area contributed by atoms with Crippen molar-refractivity contribution in [1.29, 1.82) is 0 Å². The van der Waals surface area contributed by atoms with Gasteiger partial charge in [-0.1, -0.05) is 6.07 Å². The molecule has 2 N–H and O–H groups in total. The number of rotatable bonds is 21. The molecule has 0 atom stereocenters. The molecule has 428 valence electrons. The molecule has 0 saturated carbocycles. The molecule has 0 radical (unpaired) electrons. The summed E-state index contributed by atoms with van der Waals surface area (Å²) in [6, 6.07) is 2.58. The number of benzene rings is 1. The van der Waals surface area contributed by atoms with E-state index in [0.29, 0.717) is 0 Å². The summed E-state index contributed by atoms with van der Waals surface area (Å²) in [6.45, 7) is -1.35. The van der Waals surface area contributed by atoms with Crippen molar-refractivity contribution in [3.05, 3.63) is 23.8 Å². The second-order valence-electron chi connectivity index (χ2n) is 14.0. The van der Waals surface area contributed by atoms with Gasteiger partial charge in [0.15, 0.2) is 0 Å². The molecule has 73 heavy (non-hydrogen) atoms. The zero-order valence-corrected chi connectivity index (χ0v) is 33.3. The van der Waals surface area contributed by atoms with Gasteiger partial charge in [-0.15, -0.1) is 0 Å². The summed E-state index contributed by atoms with van der Waals surface area (Å²) in [5.41, 5.74) is -0.757. The highest BCUT2D eigenvalue weighted by Gasteiger charge is 3.02. The van der Waals surface area contributed by atoms with Crippen molar-refractivity contribution in [2.24, 2.45) is 0 Å². The normalized spacial score (nSPS) is 15.8. The molecule has 6 nitrogen and oxygen atoms in total. The Kier molecular flexibility index (Phi) is 16.5. The Morgan fingerprint density at radius 2 is 0.644 bits per heavy atom. The molecule has 2 amide bonds. The van der Waals surface area contributed by atoms with Gasteiger partial charge in [0.25, 0.3) is 0 Å². The number of methoxy groups -OCH3 is 1. The minimum absolute atomic E-state index is 0.122. The topological polar surface area (TPSA) is 76.7 Å². The smallest absolute Gasteiger partial charge is 0.453 e. The van der Waals surface area contributed by atoms with Crippen molar-refractivity contribution in [1.82, 2.24) is 0 Å². The van der Waals surface area contributed by atoms with Crippen molar-refractivity contribution in [2.45, 2.75) is 120 Å². The van der Waals surface area contributed by atoms with Crippen LogP contribution in [-0.4, -0.2) is 133 Å². The van der Waals surface area contributed by atoms with Crippen LogP contribution < -0.4 is 10.6 Å². The monoisotopic (exact) mass is 1170 g/mol. The van der Waals surface area contributed by atoms with Gasteiger partial charge in [0, 0.05) is 11.4 Å². The van der Waals surface area contributed by atoms with Crippen LogP contribution >= 0.6 is 0 Å². The summed E-state index contributed by atoms with van der Waals surface area (Å²) >= 11 is 0. The lowest BCUT2D eigenvalue weighted by molar-refractivity contribution is -0.493. The third-order valence-corrected chi connectivity index (χ3v) is 9.29. The summed E-state index contributed by atoms with van der Waals surface area (Å²) in [6.07, 6.45) is -15.4. The maximum Gasteiger partial charge on any atom is 0.460 e. The largest absolute Gasteiger partial charge is 0.460 e. The number of hydrogen-bond acceptors (Lipinski definition) is 4. The van der Waals surface area contributed by atoms with Gasteiger partial charge < -0.3 is 9.47 Å². The van der Waals surface area contributed by atoms with Gasteiger partial charge >= 0.3 is 119 Å².